The van der Waals surface area contributed by atoms with Crippen LogP contribution in [0, 0.1) is 5.92 Å². The van der Waals surface area contributed by atoms with Crippen LogP contribution in [-0.4, -0.2) is 48.3 Å². The number of hydrogen-bond donors (Lipinski definition) is 2. The Morgan fingerprint density at radius 2 is 1.88 bits per heavy atom. The topological polar surface area (TPSA) is 61.8 Å². The summed E-state index contributed by atoms with van der Waals surface area (Å²) in [5, 5.41) is 14.3. The lowest BCUT2D eigenvalue weighted by atomic mass is 9.88. The fourth-order valence-corrected chi connectivity index (χ4v) is 5.14. The fourth-order valence-electron chi connectivity index (χ4n) is 5.14. The van der Waals surface area contributed by atoms with Crippen LogP contribution < -0.4 is 5.32 Å². The summed E-state index contributed by atoms with van der Waals surface area (Å²) in [5.41, 5.74) is 6.48. The molecule has 0 heterocycles. The van der Waals surface area contributed by atoms with E-state index >= 15 is 0 Å². The first-order chi connectivity index (χ1) is 16.3. The molecule has 1 aliphatic carbocycles. The summed E-state index contributed by atoms with van der Waals surface area (Å²) in [4.78, 5) is 12.5. The van der Waals surface area contributed by atoms with Crippen molar-refractivity contribution < 1.29 is 14.6 Å². The molecule has 0 radical (unpaired) electrons. The number of benzene rings is 2. The quantitative estimate of drug-likeness (QED) is 0.341. The van der Waals surface area contributed by atoms with E-state index in [1.165, 1.54) is 28.5 Å². The van der Waals surface area contributed by atoms with Gasteiger partial charge in [-0.15, -0.1) is 0 Å². The van der Waals surface area contributed by atoms with Gasteiger partial charge in [0.05, 0.1) is 12.4 Å². The van der Waals surface area contributed by atoms with Crippen molar-refractivity contribution in [3.8, 4) is 0 Å². The van der Waals surface area contributed by atoms with Gasteiger partial charge in [-0.25, -0.2) is 0 Å². The van der Waals surface area contributed by atoms with Gasteiger partial charge in [-0.2, -0.15) is 0 Å². The molecule has 0 bridgehead atoms. The van der Waals surface area contributed by atoms with Crippen LogP contribution in [-0.2, 0) is 35.3 Å². The minimum absolute atomic E-state index is 0.0153. The molecule has 184 valence electrons. The van der Waals surface area contributed by atoms with Crippen LogP contribution in [0.15, 0.2) is 48.7 Å². The summed E-state index contributed by atoms with van der Waals surface area (Å²) in [7, 11) is 2.05. The third-order valence-corrected chi connectivity index (χ3v) is 6.72. The number of fused-ring (bicyclic) bond motifs is 1. The Morgan fingerprint density at radius 1 is 1.18 bits per heavy atom. The molecule has 0 saturated heterocycles. The minimum Gasteiger partial charge on any atom is -0.437 e. The number of hydrogen-bond acceptors (Lipinski definition) is 5. The molecular formula is C29H40N2O3. The number of β-amino-alcohol motifs (C(OH)–C–C–N with tert-alkyl or cyclic N) is 1. The van der Waals surface area contributed by atoms with Gasteiger partial charge < -0.3 is 15.2 Å². The second kappa shape index (κ2) is 12.3. The molecule has 0 spiro atoms. The third kappa shape index (κ3) is 7.79. The standard InChI is InChI=1S/C29H40N2O3/c1-5-24-14-22(12-13-34-21-32)10-11-27(24)19-31(4)20-28(33)18-30-29(2,3)17-23-15-25-8-6-7-9-26(25)16-23/h6-14,21,23,28,30,33H,5,15-20H2,1-4H3/b13-12+/t28-/m1/s1. The van der Waals surface area contributed by atoms with Crippen molar-refractivity contribution in [3.63, 3.8) is 0 Å². The van der Waals surface area contributed by atoms with Crippen LogP contribution in [0.5, 0.6) is 0 Å². The van der Waals surface area contributed by atoms with Crippen molar-refractivity contribution in [1.29, 1.82) is 0 Å². The molecule has 0 aromatic heterocycles. The van der Waals surface area contributed by atoms with E-state index in [9.17, 15) is 9.90 Å². The Bertz CT molecular complexity index is 945. The number of carbonyl (C=O) groups is 1. The van der Waals surface area contributed by atoms with Crippen LogP contribution in [0.25, 0.3) is 6.08 Å². The van der Waals surface area contributed by atoms with E-state index in [0.29, 0.717) is 25.5 Å². The van der Waals surface area contributed by atoms with E-state index in [4.69, 9.17) is 0 Å². The van der Waals surface area contributed by atoms with E-state index in [-0.39, 0.29) is 5.54 Å². The predicted molar refractivity (Wildman–Crippen MR) is 138 cm³/mol. The highest BCUT2D eigenvalue weighted by Gasteiger charge is 2.28. The monoisotopic (exact) mass is 464 g/mol. The van der Waals surface area contributed by atoms with Gasteiger partial charge in [-0.3, -0.25) is 9.69 Å². The number of carbonyl (C=O) groups excluding carboxylic acids is 1. The second-order valence-electron chi connectivity index (χ2n) is 10.3. The number of nitrogens with zero attached hydrogens (tertiary/aromatic N) is 1. The van der Waals surface area contributed by atoms with Gasteiger partial charge in [0.25, 0.3) is 6.47 Å². The molecule has 34 heavy (non-hydrogen) atoms. The molecule has 1 aliphatic rings. The highest BCUT2D eigenvalue weighted by Crippen LogP contribution is 2.31. The maximum Gasteiger partial charge on any atom is 0.297 e. The zero-order chi connectivity index (χ0) is 24.6. The molecule has 2 aromatic carbocycles. The smallest absolute Gasteiger partial charge is 0.297 e. The third-order valence-electron chi connectivity index (χ3n) is 6.72. The lowest BCUT2D eigenvalue weighted by Gasteiger charge is -2.31. The number of likely N-dealkylation sites (N-methyl/N-ethyl adjacent to an activating group) is 1. The highest BCUT2D eigenvalue weighted by atomic mass is 16.5. The van der Waals surface area contributed by atoms with E-state index in [1.807, 2.05) is 6.07 Å². The maximum atomic E-state index is 10.7. The first-order valence-electron chi connectivity index (χ1n) is 12.4. The summed E-state index contributed by atoms with van der Waals surface area (Å²) >= 11 is 0. The van der Waals surface area contributed by atoms with Crippen LogP contribution in [0.2, 0.25) is 0 Å². The highest BCUT2D eigenvalue weighted by molar-refractivity contribution is 5.52. The first-order valence-corrected chi connectivity index (χ1v) is 12.4. The van der Waals surface area contributed by atoms with Gasteiger partial charge in [0.2, 0.25) is 0 Å². The molecule has 1 atom stereocenters. The summed E-state index contributed by atoms with van der Waals surface area (Å²) in [6.07, 6.45) is 7.08. The number of aliphatic hydroxyl groups is 1. The molecule has 0 amide bonds. The number of aryl methyl sites for hydroxylation is 1. The number of nitrogens with one attached hydrogen (secondary N) is 1. The molecule has 5 nitrogen and oxygen atoms in total. The van der Waals surface area contributed by atoms with Crippen molar-refractivity contribution in [1.82, 2.24) is 10.2 Å². The van der Waals surface area contributed by atoms with Crippen molar-refractivity contribution in [2.24, 2.45) is 5.92 Å². The molecule has 3 rings (SSSR count). The lowest BCUT2D eigenvalue weighted by Crippen LogP contribution is -2.47. The molecule has 2 N–H and O–H groups in total. The number of aliphatic hydroxyl groups excluding tert-OH is 1. The van der Waals surface area contributed by atoms with Crippen LogP contribution >= 0.6 is 0 Å². The first kappa shape index (κ1) is 26.1. The molecule has 0 saturated carbocycles. The van der Waals surface area contributed by atoms with Crippen LogP contribution in [0.3, 0.4) is 0 Å². The average Bonchev–Trinajstić information content (AvgIpc) is 3.20. The van der Waals surface area contributed by atoms with Gasteiger partial charge in [0, 0.05) is 25.2 Å². The second-order valence-corrected chi connectivity index (χ2v) is 10.3. The Balaban J connectivity index is 1.45. The van der Waals surface area contributed by atoms with Gasteiger partial charge in [0.15, 0.2) is 0 Å². The van der Waals surface area contributed by atoms with Gasteiger partial charge in [-0.1, -0.05) is 49.4 Å². The Hall–Kier alpha value is -2.47. The van der Waals surface area contributed by atoms with Crippen LogP contribution in [0.1, 0.15) is 55.0 Å². The minimum atomic E-state index is -0.433. The Kier molecular flexibility index (Phi) is 9.45. The lowest BCUT2D eigenvalue weighted by molar-refractivity contribution is -0.123. The zero-order valence-corrected chi connectivity index (χ0v) is 21.1. The van der Waals surface area contributed by atoms with E-state index in [0.717, 1.165) is 37.8 Å². The van der Waals surface area contributed by atoms with E-state index in [2.05, 4.69) is 79.2 Å². The maximum absolute atomic E-state index is 10.7. The summed E-state index contributed by atoms with van der Waals surface area (Å²) in [6.45, 7) is 9.01. The van der Waals surface area contributed by atoms with Crippen molar-refractivity contribution in [2.45, 2.75) is 64.6 Å². The van der Waals surface area contributed by atoms with Crippen molar-refractivity contribution >= 4 is 12.5 Å². The summed E-state index contributed by atoms with van der Waals surface area (Å²) in [5.74, 6) is 0.662. The number of ether oxygens (including phenoxy) is 1. The van der Waals surface area contributed by atoms with Gasteiger partial charge >= 0.3 is 0 Å². The predicted octanol–water partition coefficient (Wildman–Crippen LogP) is 4.36. The fraction of sp³-hybridized carbons (Fsp3) is 0.483. The number of rotatable bonds is 13. The Morgan fingerprint density at radius 3 is 2.53 bits per heavy atom. The molecule has 0 aliphatic heterocycles. The van der Waals surface area contributed by atoms with E-state index in [1.54, 1.807) is 6.08 Å². The molecular weight excluding hydrogens is 424 g/mol. The molecule has 0 unspecified atom stereocenters. The van der Waals surface area contributed by atoms with Gasteiger partial charge in [0.1, 0.15) is 0 Å². The Labute approximate surface area is 204 Å². The van der Waals surface area contributed by atoms with Crippen LogP contribution in [0.4, 0.5) is 0 Å². The normalized spacial score (nSPS) is 15.1. The molecule has 0 fully saturated rings. The molecule has 2 aromatic rings. The largest absolute Gasteiger partial charge is 0.437 e. The SMILES string of the molecule is CCc1cc(/C=C/OC=O)ccc1CN(C)C[C@H](O)CNC(C)(C)CC1Cc2ccccc2C1. The zero-order valence-electron chi connectivity index (χ0n) is 21.1. The summed E-state index contributed by atoms with van der Waals surface area (Å²) in [6, 6.07) is 15.0. The van der Waals surface area contributed by atoms with E-state index < -0.39 is 6.10 Å². The van der Waals surface area contributed by atoms with Crippen molar-refractivity contribution in [3.05, 3.63) is 76.5 Å². The van der Waals surface area contributed by atoms with Crippen molar-refractivity contribution in [2.75, 3.05) is 20.1 Å². The average molecular weight is 465 g/mol. The van der Waals surface area contributed by atoms with Gasteiger partial charge in [-0.05, 0) is 86.4 Å². The summed E-state index contributed by atoms with van der Waals surface area (Å²) < 4.78 is 4.64. The molecule has 5 heteroatoms.